The smallest absolute Gasteiger partial charge is 0.342 e. The lowest BCUT2D eigenvalue weighted by atomic mass is 10.0. The van der Waals surface area contributed by atoms with Gasteiger partial charge >= 0.3 is 5.97 Å². The van der Waals surface area contributed by atoms with Crippen molar-refractivity contribution in [3.8, 4) is 5.75 Å². The minimum atomic E-state index is -0.826. The van der Waals surface area contributed by atoms with E-state index in [4.69, 9.17) is 16.3 Å². The van der Waals surface area contributed by atoms with E-state index in [1.807, 2.05) is 48.5 Å². The summed E-state index contributed by atoms with van der Waals surface area (Å²) in [5.74, 6) is -1.56. The molecule has 0 fully saturated rings. The van der Waals surface area contributed by atoms with Crippen LogP contribution in [0.15, 0.2) is 72.8 Å². The van der Waals surface area contributed by atoms with Gasteiger partial charge in [0.25, 0.3) is 5.91 Å². The number of hydrogen-bond acceptors (Lipinski definition) is 4. The molecule has 0 aliphatic heterocycles. The third kappa shape index (κ3) is 5.11. The second-order valence-electron chi connectivity index (χ2n) is 6.11. The number of esters is 1. The Bertz CT molecular complexity index is 989. The van der Waals surface area contributed by atoms with Crippen molar-refractivity contribution in [3.05, 3.63) is 94.5 Å². The molecule has 142 valence electrons. The lowest BCUT2D eigenvalue weighted by molar-refractivity contribution is -0.119. The number of benzene rings is 3. The number of hydrogen-bond donors (Lipinski definition) is 2. The van der Waals surface area contributed by atoms with Crippen LogP contribution in [0.4, 0.5) is 5.69 Å². The van der Waals surface area contributed by atoms with Gasteiger partial charge in [0, 0.05) is 10.7 Å². The van der Waals surface area contributed by atoms with Gasteiger partial charge in [-0.1, -0.05) is 60.1 Å². The molecule has 0 saturated heterocycles. The number of carbonyl (C=O) groups is 2. The van der Waals surface area contributed by atoms with Crippen LogP contribution in [0.5, 0.6) is 5.75 Å². The number of halogens is 1. The van der Waals surface area contributed by atoms with Gasteiger partial charge in [-0.15, -0.1) is 0 Å². The number of phenolic OH excluding ortho intramolecular Hbond substituents is 1. The van der Waals surface area contributed by atoms with E-state index in [-0.39, 0.29) is 16.3 Å². The number of aromatic hydroxyl groups is 1. The summed E-state index contributed by atoms with van der Waals surface area (Å²) in [5.41, 5.74) is 2.62. The molecule has 0 unspecified atom stereocenters. The number of rotatable bonds is 6. The second kappa shape index (κ2) is 9.06. The molecule has 0 aromatic heterocycles. The summed E-state index contributed by atoms with van der Waals surface area (Å²) in [4.78, 5) is 24.3. The van der Waals surface area contributed by atoms with E-state index in [9.17, 15) is 14.7 Å². The average Bonchev–Trinajstić information content (AvgIpc) is 2.70. The molecule has 0 radical (unpaired) electrons. The SMILES string of the molecule is O=C(COC(=O)c1cc(Cl)ccc1O)Nc1ccccc1Cc1ccccc1. The molecule has 2 N–H and O–H groups in total. The van der Waals surface area contributed by atoms with Gasteiger partial charge in [0.05, 0.1) is 0 Å². The lowest BCUT2D eigenvalue weighted by Gasteiger charge is -2.12. The molecule has 0 bridgehead atoms. The number of ether oxygens (including phenoxy) is 1. The lowest BCUT2D eigenvalue weighted by Crippen LogP contribution is -2.21. The Hall–Kier alpha value is -3.31. The quantitative estimate of drug-likeness (QED) is 0.605. The summed E-state index contributed by atoms with van der Waals surface area (Å²) in [7, 11) is 0. The second-order valence-corrected chi connectivity index (χ2v) is 6.54. The molecule has 0 atom stereocenters. The highest BCUT2D eigenvalue weighted by Gasteiger charge is 2.15. The topological polar surface area (TPSA) is 75.6 Å². The molecule has 3 aromatic carbocycles. The molecule has 6 heteroatoms. The number of carbonyl (C=O) groups excluding carboxylic acids is 2. The van der Waals surface area contributed by atoms with Crippen LogP contribution in [0, 0.1) is 0 Å². The summed E-state index contributed by atoms with van der Waals surface area (Å²) >= 11 is 5.82. The minimum Gasteiger partial charge on any atom is -0.507 e. The van der Waals surface area contributed by atoms with Crippen LogP contribution in [0.3, 0.4) is 0 Å². The molecule has 0 spiro atoms. The molecule has 3 aromatic rings. The Morgan fingerprint density at radius 2 is 1.68 bits per heavy atom. The maximum Gasteiger partial charge on any atom is 0.342 e. The molecule has 5 nitrogen and oxygen atoms in total. The van der Waals surface area contributed by atoms with E-state index in [1.54, 1.807) is 6.07 Å². The number of anilines is 1. The summed E-state index contributed by atoms with van der Waals surface area (Å²) in [6.07, 6.45) is 0.660. The Morgan fingerprint density at radius 1 is 0.964 bits per heavy atom. The van der Waals surface area contributed by atoms with Crippen LogP contribution >= 0.6 is 11.6 Å². The molecule has 0 heterocycles. The van der Waals surface area contributed by atoms with Crippen molar-refractivity contribution in [2.24, 2.45) is 0 Å². The first-order valence-electron chi connectivity index (χ1n) is 8.60. The van der Waals surface area contributed by atoms with E-state index in [0.29, 0.717) is 12.1 Å². The third-order valence-corrected chi connectivity index (χ3v) is 4.28. The summed E-state index contributed by atoms with van der Waals surface area (Å²) in [6.45, 7) is -0.482. The van der Waals surface area contributed by atoms with E-state index in [2.05, 4.69) is 5.32 Å². The van der Waals surface area contributed by atoms with Crippen molar-refractivity contribution < 1.29 is 19.4 Å². The van der Waals surface area contributed by atoms with Gasteiger partial charge in [0.2, 0.25) is 0 Å². The van der Waals surface area contributed by atoms with E-state index < -0.39 is 18.5 Å². The van der Waals surface area contributed by atoms with Crippen molar-refractivity contribution >= 4 is 29.2 Å². The molecule has 0 aliphatic carbocycles. The normalized spacial score (nSPS) is 10.3. The van der Waals surface area contributed by atoms with Crippen molar-refractivity contribution in [3.63, 3.8) is 0 Å². The van der Waals surface area contributed by atoms with Gasteiger partial charge < -0.3 is 15.2 Å². The Kier molecular flexibility index (Phi) is 6.29. The molecular formula is C22H18ClNO4. The fourth-order valence-corrected chi connectivity index (χ4v) is 2.85. The van der Waals surface area contributed by atoms with Gasteiger partial charge in [-0.05, 0) is 41.8 Å². The fraction of sp³-hybridized carbons (Fsp3) is 0.0909. The standard InChI is InChI=1S/C22H18ClNO4/c23-17-10-11-20(25)18(13-17)22(27)28-14-21(26)24-19-9-5-4-8-16(19)12-15-6-2-1-3-7-15/h1-11,13,25H,12,14H2,(H,24,26). The van der Waals surface area contributed by atoms with Crippen molar-refractivity contribution in [1.29, 1.82) is 0 Å². The van der Waals surface area contributed by atoms with Crippen LogP contribution < -0.4 is 5.32 Å². The molecule has 28 heavy (non-hydrogen) atoms. The first-order valence-corrected chi connectivity index (χ1v) is 8.98. The number of phenols is 1. The molecule has 0 saturated carbocycles. The third-order valence-electron chi connectivity index (χ3n) is 4.04. The van der Waals surface area contributed by atoms with Crippen LogP contribution in [0.25, 0.3) is 0 Å². The maximum absolute atomic E-state index is 12.2. The number of nitrogens with one attached hydrogen (secondary N) is 1. The maximum atomic E-state index is 12.2. The zero-order chi connectivity index (χ0) is 19.9. The van der Waals surface area contributed by atoms with Gasteiger partial charge in [-0.3, -0.25) is 4.79 Å². The molecule has 3 rings (SSSR count). The Morgan fingerprint density at radius 3 is 2.46 bits per heavy atom. The van der Waals surface area contributed by atoms with Crippen molar-refractivity contribution in [1.82, 2.24) is 0 Å². The van der Waals surface area contributed by atoms with Crippen molar-refractivity contribution in [2.45, 2.75) is 6.42 Å². The van der Waals surface area contributed by atoms with Crippen LogP contribution in [0.2, 0.25) is 5.02 Å². The molecule has 1 amide bonds. The number of amides is 1. The highest BCUT2D eigenvalue weighted by Crippen LogP contribution is 2.22. The monoisotopic (exact) mass is 395 g/mol. The molecular weight excluding hydrogens is 378 g/mol. The first-order chi connectivity index (χ1) is 13.5. The average molecular weight is 396 g/mol. The summed E-state index contributed by atoms with van der Waals surface area (Å²) < 4.78 is 4.99. The van der Waals surface area contributed by atoms with Gasteiger partial charge in [-0.2, -0.15) is 0 Å². The first kappa shape index (κ1) is 19.5. The predicted octanol–water partition coefficient (Wildman–Crippen LogP) is 4.43. The predicted molar refractivity (Wildman–Crippen MR) is 108 cm³/mol. The van der Waals surface area contributed by atoms with E-state index in [1.165, 1.54) is 18.2 Å². The largest absolute Gasteiger partial charge is 0.507 e. The summed E-state index contributed by atoms with van der Waals surface area (Å²) in [5, 5.41) is 12.8. The zero-order valence-corrected chi connectivity index (χ0v) is 15.6. The van der Waals surface area contributed by atoms with E-state index >= 15 is 0 Å². The Labute approximate surface area is 167 Å². The zero-order valence-electron chi connectivity index (χ0n) is 14.9. The minimum absolute atomic E-state index is 0.0928. The van der Waals surface area contributed by atoms with Crippen molar-refractivity contribution in [2.75, 3.05) is 11.9 Å². The van der Waals surface area contributed by atoms with Crippen LogP contribution in [-0.2, 0) is 16.0 Å². The van der Waals surface area contributed by atoms with E-state index in [0.717, 1.165) is 11.1 Å². The Balaban J connectivity index is 1.62. The highest BCUT2D eigenvalue weighted by molar-refractivity contribution is 6.31. The number of para-hydroxylation sites is 1. The van der Waals surface area contributed by atoms with Gasteiger partial charge in [0.15, 0.2) is 6.61 Å². The summed E-state index contributed by atoms with van der Waals surface area (Å²) in [6, 6.07) is 21.4. The van der Waals surface area contributed by atoms with Crippen LogP contribution in [0.1, 0.15) is 21.5 Å². The van der Waals surface area contributed by atoms with Crippen LogP contribution in [-0.4, -0.2) is 23.6 Å². The van der Waals surface area contributed by atoms with Gasteiger partial charge in [-0.25, -0.2) is 4.79 Å². The van der Waals surface area contributed by atoms with Gasteiger partial charge in [0.1, 0.15) is 11.3 Å². The fourth-order valence-electron chi connectivity index (χ4n) is 2.68. The highest BCUT2D eigenvalue weighted by atomic mass is 35.5. The molecule has 0 aliphatic rings.